The van der Waals surface area contributed by atoms with Crippen molar-refractivity contribution >= 4 is 0 Å². The first kappa shape index (κ1) is 15.5. The van der Waals surface area contributed by atoms with Gasteiger partial charge in [0.05, 0.1) is 6.10 Å². The van der Waals surface area contributed by atoms with Gasteiger partial charge in [-0.05, 0) is 50.8 Å². The van der Waals surface area contributed by atoms with E-state index >= 15 is 0 Å². The molecule has 2 nitrogen and oxygen atoms in total. The summed E-state index contributed by atoms with van der Waals surface area (Å²) in [7, 11) is 2.18. The average molecular weight is 275 g/mol. The van der Waals surface area contributed by atoms with E-state index < -0.39 is 0 Å². The quantitative estimate of drug-likeness (QED) is 0.798. The Morgan fingerprint density at radius 1 is 1.15 bits per heavy atom. The molecule has 2 rings (SSSR count). The molecule has 1 aliphatic carbocycles. The number of hydrogen-bond acceptors (Lipinski definition) is 2. The van der Waals surface area contributed by atoms with Crippen molar-refractivity contribution in [2.24, 2.45) is 0 Å². The van der Waals surface area contributed by atoms with Crippen LogP contribution < -0.4 is 0 Å². The Labute approximate surface area is 123 Å². The van der Waals surface area contributed by atoms with E-state index in [1.54, 1.807) is 0 Å². The second kappa shape index (κ2) is 7.80. The molecule has 0 amide bonds. The van der Waals surface area contributed by atoms with Gasteiger partial charge in [0.2, 0.25) is 0 Å². The summed E-state index contributed by atoms with van der Waals surface area (Å²) in [6.07, 6.45) is 6.78. The summed E-state index contributed by atoms with van der Waals surface area (Å²) in [4.78, 5) is 2.38. The second-order valence-electron chi connectivity index (χ2n) is 6.24. The molecule has 3 atom stereocenters. The molecule has 1 N–H and O–H groups in total. The van der Waals surface area contributed by atoms with Crippen molar-refractivity contribution in [2.45, 2.75) is 63.5 Å². The van der Waals surface area contributed by atoms with Gasteiger partial charge in [0.15, 0.2) is 0 Å². The van der Waals surface area contributed by atoms with Crippen molar-refractivity contribution in [3.8, 4) is 0 Å². The number of likely N-dealkylation sites (N-methyl/N-ethyl adjacent to an activating group) is 1. The molecule has 20 heavy (non-hydrogen) atoms. The number of rotatable bonds is 6. The first-order valence-corrected chi connectivity index (χ1v) is 8.15. The van der Waals surface area contributed by atoms with Gasteiger partial charge in [0.25, 0.3) is 0 Å². The van der Waals surface area contributed by atoms with Gasteiger partial charge >= 0.3 is 0 Å². The summed E-state index contributed by atoms with van der Waals surface area (Å²) in [5.41, 5.74) is 1.44. The van der Waals surface area contributed by atoms with Crippen LogP contribution in [0.2, 0.25) is 0 Å². The Morgan fingerprint density at radius 2 is 1.90 bits per heavy atom. The highest BCUT2D eigenvalue weighted by atomic mass is 16.3. The zero-order valence-corrected chi connectivity index (χ0v) is 13.0. The van der Waals surface area contributed by atoms with Gasteiger partial charge in [-0.3, -0.25) is 0 Å². The lowest BCUT2D eigenvalue weighted by atomic mass is 9.79. The lowest BCUT2D eigenvalue weighted by molar-refractivity contribution is 0.0249. The summed E-state index contributed by atoms with van der Waals surface area (Å²) in [5, 5.41) is 10.3. The normalized spacial score (nSPS) is 26.9. The summed E-state index contributed by atoms with van der Waals surface area (Å²) in [6.45, 7) is 3.35. The number of hydrogen-bond donors (Lipinski definition) is 1. The van der Waals surface area contributed by atoms with E-state index in [1.165, 1.54) is 24.8 Å². The first-order chi connectivity index (χ1) is 9.72. The third kappa shape index (κ3) is 4.07. The van der Waals surface area contributed by atoms with Gasteiger partial charge in [-0.25, -0.2) is 0 Å². The first-order valence-electron chi connectivity index (χ1n) is 8.15. The fourth-order valence-electron chi connectivity index (χ4n) is 3.41. The van der Waals surface area contributed by atoms with Crippen LogP contribution in [0.15, 0.2) is 30.3 Å². The second-order valence-corrected chi connectivity index (χ2v) is 6.24. The zero-order chi connectivity index (χ0) is 14.4. The van der Waals surface area contributed by atoms with E-state index in [0.29, 0.717) is 12.0 Å². The predicted molar refractivity (Wildman–Crippen MR) is 85.0 cm³/mol. The molecule has 0 bridgehead atoms. The molecule has 0 aliphatic heterocycles. The highest BCUT2D eigenvalue weighted by Crippen LogP contribution is 2.34. The summed E-state index contributed by atoms with van der Waals surface area (Å²) >= 11 is 0. The van der Waals surface area contributed by atoms with Crippen LogP contribution >= 0.6 is 0 Å². The Morgan fingerprint density at radius 3 is 2.60 bits per heavy atom. The molecule has 1 saturated carbocycles. The maximum absolute atomic E-state index is 10.3. The number of unbranched alkanes of at least 4 members (excludes halogenated alkanes) is 2. The molecule has 1 aromatic rings. The van der Waals surface area contributed by atoms with Crippen LogP contribution in [-0.2, 0) is 0 Å². The minimum Gasteiger partial charge on any atom is -0.391 e. The summed E-state index contributed by atoms with van der Waals surface area (Å²) in [5.74, 6) is 0.609. The molecule has 1 fully saturated rings. The molecule has 0 heterocycles. The van der Waals surface area contributed by atoms with E-state index in [9.17, 15) is 5.11 Å². The van der Waals surface area contributed by atoms with Crippen molar-refractivity contribution < 1.29 is 5.11 Å². The van der Waals surface area contributed by atoms with Crippen molar-refractivity contribution in [1.82, 2.24) is 4.90 Å². The van der Waals surface area contributed by atoms with Crippen LogP contribution in [0.25, 0.3) is 0 Å². The van der Waals surface area contributed by atoms with E-state index in [1.807, 2.05) is 0 Å². The molecule has 0 aromatic heterocycles. The number of aliphatic hydroxyl groups excluding tert-OH is 1. The molecule has 2 heteroatoms. The largest absolute Gasteiger partial charge is 0.391 e. The van der Waals surface area contributed by atoms with Crippen LogP contribution in [0.3, 0.4) is 0 Å². The predicted octanol–water partition coefficient (Wildman–Crippen LogP) is 3.81. The Balaban J connectivity index is 1.94. The highest BCUT2D eigenvalue weighted by molar-refractivity contribution is 5.20. The van der Waals surface area contributed by atoms with Crippen LogP contribution in [0.1, 0.15) is 56.9 Å². The molecular formula is C18H29NO. The van der Waals surface area contributed by atoms with E-state index in [-0.39, 0.29) is 6.10 Å². The van der Waals surface area contributed by atoms with Crippen molar-refractivity contribution in [2.75, 3.05) is 13.6 Å². The van der Waals surface area contributed by atoms with E-state index in [4.69, 9.17) is 0 Å². The highest BCUT2D eigenvalue weighted by Gasteiger charge is 2.32. The van der Waals surface area contributed by atoms with Gasteiger partial charge in [-0.1, -0.05) is 50.1 Å². The fraction of sp³-hybridized carbons (Fsp3) is 0.667. The fourth-order valence-corrected chi connectivity index (χ4v) is 3.41. The minimum atomic E-state index is -0.151. The lowest BCUT2D eigenvalue weighted by Gasteiger charge is -2.39. The molecule has 3 unspecified atom stereocenters. The number of nitrogens with zero attached hydrogens (tertiary/aromatic N) is 1. The maximum atomic E-state index is 10.3. The van der Waals surface area contributed by atoms with Gasteiger partial charge in [0.1, 0.15) is 0 Å². The molecule has 0 spiro atoms. The van der Waals surface area contributed by atoms with Crippen LogP contribution in [-0.4, -0.2) is 35.7 Å². The Bertz CT molecular complexity index is 378. The number of aliphatic hydroxyl groups is 1. The molecule has 0 radical (unpaired) electrons. The van der Waals surface area contributed by atoms with Crippen LogP contribution in [0.5, 0.6) is 0 Å². The molecule has 1 aliphatic rings. The third-order valence-electron chi connectivity index (χ3n) is 4.73. The summed E-state index contributed by atoms with van der Waals surface area (Å²) < 4.78 is 0. The standard InChI is InChI=1S/C18H29NO/c1-3-4-8-13-19(2)17-14-16(11-12-18(17)20)15-9-6-5-7-10-15/h5-7,9-10,16-18,20H,3-4,8,11-14H2,1-2H3. The van der Waals surface area contributed by atoms with E-state index in [0.717, 1.165) is 25.8 Å². The SMILES string of the molecule is CCCCCN(C)C1CC(c2ccccc2)CCC1O. The third-order valence-corrected chi connectivity index (χ3v) is 4.73. The monoisotopic (exact) mass is 275 g/mol. The van der Waals surface area contributed by atoms with Crippen molar-refractivity contribution in [3.63, 3.8) is 0 Å². The maximum Gasteiger partial charge on any atom is 0.0695 e. The van der Waals surface area contributed by atoms with Gasteiger partial charge in [0, 0.05) is 6.04 Å². The lowest BCUT2D eigenvalue weighted by Crippen LogP contribution is -2.45. The summed E-state index contributed by atoms with van der Waals surface area (Å²) in [6, 6.07) is 11.1. The smallest absolute Gasteiger partial charge is 0.0695 e. The van der Waals surface area contributed by atoms with Crippen LogP contribution in [0.4, 0.5) is 0 Å². The average Bonchev–Trinajstić information content (AvgIpc) is 2.49. The molecule has 1 aromatic carbocycles. The van der Waals surface area contributed by atoms with Crippen LogP contribution in [0, 0.1) is 0 Å². The van der Waals surface area contributed by atoms with Gasteiger partial charge < -0.3 is 10.0 Å². The zero-order valence-electron chi connectivity index (χ0n) is 13.0. The Hall–Kier alpha value is -0.860. The van der Waals surface area contributed by atoms with E-state index in [2.05, 4.69) is 49.2 Å². The van der Waals surface area contributed by atoms with Gasteiger partial charge in [-0.15, -0.1) is 0 Å². The molecular weight excluding hydrogens is 246 g/mol. The minimum absolute atomic E-state index is 0.151. The topological polar surface area (TPSA) is 23.5 Å². The van der Waals surface area contributed by atoms with Crippen molar-refractivity contribution in [3.05, 3.63) is 35.9 Å². The Kier molecular flexibility index (Phi) is 6.06. The molecule has 112 valence electrons. The van der Waals surface area contributed by atoms with Crippen molar-refractivity contribution in [1.29, 1.82) is 0 Å². The molecule has 0 saturated heterocycles. The number of benzene rings is 1. The van der Waals surface area contributed by atoms with Gasteiger partial charge in [-0.2, -0.15) is 0 Å².